The summed E-state index contributed by atoms with van der Waals surface area (Å²) >= 11 is 0. The molecule has 0 aliphatic carbocycles. The van der Waals surface area contributed by atoms with Gasteiger partial charge >= 0.3 is 11.9 Å². The molecule has 1 fully saturated rings. The van der Waals surface area contributed by atoms with Crippen LogP contribution in [0.4, 0.5) is 0 Å². The second kappa shape index (κ2) is 8.81. The summed E-state index contributed by atoms with van der Waals surface area (Å²) < 4.78 is 42.4. The lowest BCUT2D eigenvalue weighted by Crippen LogP contribution is -2.31. The van der Waals surface area contributed by atoms with E-state index in [2.05, 4.69) is 4.72 Å². The minimum Gasteiger partial charge on any atom is -0.457 e. The van der Waals surface area contributed by atoms with Gasteiger partial charge in [-0.25, -0.2) is 22.7 Å². The summed E-state index contributed by atoms with van der Waals surface area (Å²) in [5.41, 5.74) is -0.535. The number of carbonyl (C=O) groups excluding carboxylic acids is 2. The minimum atomic E-state index is -3.69. The molecule has 1 heterocycles. The third-order valence-electron chi connectivity index (χ3n) is 3.67. The highest BCUT2D eigenvalue weighted by Gasteiger charge is 2.21. The monoisotopic (exact) mass is 399 g/mol. The van der Waals surface area contributed by atoms with Crippen molar-refractivity contribution in [3.05, 3.63) is 29.8 Å². The first-order valence-corrected chi connectivity index (χ1v) is 10.2. The Hall–Kier alpha value is -1.97. The molecule has 0 spiro atoms. The fourth-order valence-electron chi connectivity index (χ4n) is 2.44. The molecule has 1 aromatic rings. The van der Waals surface area contributed by atoms with Crippen molar-refractivity contribution in [2.24, 2.45) is 0 Å². The Labute approximate surface area is 159 Å². The van der Waals surface area contributed by atoms with E-state index in [1.165, 1.54) is 24.3 Å². The molecule has 0 amide bonds. The second-order valence-corrected chi connectivity index (χ2v) is 8.94. The first kappa shape index (κ1) is 21.3. The molecule has 8 nitrogen and oxygen atoms in total. The van der Waals surface area contributed by atoms with Crippen molar-refractivity contribution in [2.45, 2.75) is 50.2 Å². The molecule has 0 saturated carbocycles. The third kappa shape index (κ3) is 6.93. The molecule has 2 rings (SSSR count). The lowest BCUT2D eigenvalue weighted by atomic mass is 10.2. The van der Waals surface area contributed by atoms with Crippen LogP contribution in [0.25, 0.3) is 0 Å². The highest BCUT2D eigenvalue weighted by molar-refractivity contribution is 7.89. The van der Waals surface area contributed by atoms with Gasteiger partial charge in [0, 0.05) is 13.2 Å². The number of ether oxygens (including phenoxy) is 3. The van der Waals surface area contributed by atoms with Gasteiger partial charge in [0.15, 0.2) is 6.61 Å². The molecular formula is C18H25NO7S. The van der Waals surface area contributed by atoms with Crippen LogP contribution in [0.15, 0.2) is 29.2 Å². The zero-order chi connectivity index (χ0) is 20.1. The molecule has 1 aliphatic heterocycles. The Morgan fingerprint density at radius 2 is 1.89 bits per heavy atom. The largest absolute Gasteiger partial charge is 0.457 e. The quantitative estimate of drug-likeness (QED) is 0.695. The summed E-state index contributed by atoms with van der Waals surface area (Å²) in [6.07, 6.45) is 1.64. The molecule has 27 heavy (non-hydrogen) atoms. The fraction of sp³-hybridized carbons (Fsp3) is 0.556. The maximum absolute atomic E-state index is 12.3. The second-order valence-electron chi connectivity index (χ2n) is 7.17. The maximum Gasteiger partial charge on any atom is 0.344 e. The standard InChI is InChI=1S/C18H25NO7S/c1-18(2,3)26-16(20)12-25-17(21)13-6-8-15(9-7-13)27(22,23)19-11-14-5-4-10-24-14/h6-9,14,19H,4-5,10-12H2,1-3H3. The molecule has 1 atom stereocenters. The number of hydrogen-bond acceptors (Lipinski definition) is 7. The molecule has 150 valence electrons. The van der Waals surface area contributed by atoms with Crippen molar-refractivity contribution in [2.75, 3.05) is 19.8 Å². The van der Waals surface area contributed by atoms with Gasteiger partial charge in [0.1, 0.15) is 5.60 Å². The van der Waals surface area contributed by atoms with E-state index in [-0.39, 0.29) is 23.1 Å². The molecule has 1 N–H and O–H groups in total. The zero-order valence-electron chi connectivity index (χ0n) is 15.7. The first-order chi connectivity index (χ1) is 12.6. The summed E-state index contributed by atoms with van der Waals surface area (Å²) in [6, 6.07) is 5.28. The Morgan fingerprint density at radius 1 is 1.22 bits per heavy atom. The van der Waals surface area contributed by atoms with Gasteiger partial charge in [-0.2, -0.15) is 0 Å². The minimum absolute atomic E-state index is 0.0317. The first-order valence-electron chi connectivity index (χ1n) is 8.67. The topological polar surface area (TPSA) is 108 Å². The summed E-state index contributed by atoms with van der Waals surface area (Å²) in [4.78, 5) is 23.6. The normalized spacial score (nSPS) is 17.5. The summed E-state index contributed by atoms with van der Waals surface area (Å²) in [5, 5.41) is 0. The smallest absolute Gasteiger partial charge is 0.344 e. The molecule has 1 unspecified atom stereocenters. The van der Waals surface area contributed by atoms with Gasteiger partial charge in [-0.15, -0.1) is 0 Å². The van der Waals surface area contributed by atoms with Crippen molar-refractivity contribution in [3.63, 3.8) is 0 Å². The fourth-order valence-corrected chi connectivity index (χ4v) is 3.51. The molecule has 0 aromatic heterocycles. The van der Waals surface area contributed by atoms with Crippen LogP contribution in [-0.2, 0) is 29.0 Å². The van der Waals surface area contributed by atoms with Crippen molar-refractivity contribution < 1.29 is 32.2 Å². The van der Waals surface area contributed by atoms with E-state index in [4.69, 9.17) is 14.2 Å². The highest BCUT2D eigenvalue weighted by Crippen LogP contribution is 2.14. The van der Waals surface area contributed by atoms with Crippen molar-refractivity contribution in [1.29, 1.82) is 0 Å². The van der Waals surface area contributed by atoms with Gasteiger partial charge in [0.25, 0.3) is 0 Å². The van der Waals surface area contributed by atoms with E-state index in [0.29, 0.717) is 6.61 Å². The van der Waals surface area contributed by atoms with Crippen molar-refractivity contribution in [1.82, 2.24) is 4.72 Å². The number of carbonyl (C=O) groups is 2. The van der Waals surface area contributed by atoms with Gasteiger partial charge in [0.05, 0.1) is 16.6 Å². The van der Waals surface area contributed by atoms with Crippen LogP contribution in [0, 0.1) is 0 Å². The van der Waals surface area contributed by atoms with E-state index >= 15 is 0 Å². The van der Waals surface area contributed by atoms with Gasteiger partial charge in [-0.1, -0.05) is 0 Å². The number of benzene rings is 1. The molecule has 1 aliphatic rings. The number of rotatable bonds is 7. The van der Waals surface area contributed by atoms with Crippen molar-refractivity contribution >= 4 is 22.0 Å². The molecule has 0 radical (unpaired) electrons. The number of sulfonamides is 1. The Balaban J connectivity index is 1.89. The molecule has 1 aromatic carbocycles. The Morgan fingerprint density at radius 3 is 2.44 bits per heavy atom. The Kier molecular flexibility index (Phi) is 6.96. The van der Waals surface area contributed by atoms with Crippen LogP contribution in [0.2, 0.25) is 0 Å². The SMILES string of the molecule is CC(C)(C)OC(=O)COC(=O)c1ccc(S(=O)(=O)NCC2CCCO2)cc1. The van der Waals surface area contributed by atoms with Gasteiger partial charge in [-0.3, -0.25) is 0 Å². The third-order valence-corrected chi connectivity index (χ3v) is 5.11. The summed E-state index contributed by atoms with van der Waals surface area (Å²) in [5.74, 6) is -1.40. The van der Waals surface area contributed by atoms with Gasteiger partial charge in [-0.05, 0) is 57.9 Å². The number of hydrogen-bond donors (Lipinski definition) is 1. The number of nitrogens with one attached hydrogen (secondary N) is 1. The van der Waals surface area contributed by atoms with Gasteiger partial charge in [0.2, 0.25) is 10.0 Å². The molecule has 0 bridgehead atoms. The van der Waals surface area contributed by atoms with Crippen LogP contribution in [0.5, 0.6) is 0 Å². The number of esters is 2. The Bertz CT molecular complexity index is 760. The predicted octanol–water partition coefficient (Wildman–Crippen LogP) is 1.64. The van der Waals surface area contributed by atoms with Crippen molar-refractivity contribution in [3.8, 4) is 0 Å². The predicted molar refractivity (Wildman–Crippen MR) is 96.7 cm³/mol. The van der Waals surface area contributed by atoms with E-state index < -0.39 is 34.2 Å². The summed E-state index contributed by atoms with van der Waals surface area (Å²) in [7, 11) is -3.69. The lowest BCUT2D eigenvalue weighted by molar-refractivity contribution is -0.158. The maximum atomic E-state index is 12.3. The van der Waals surface area contributed by atoms with E-state index in [0.717, 1.165) is 12.8 Å². The zero-order valence-corrected chi connectivity index (χ0v) is 16.5. The van der Waals surface area contributed by atoms with E-state index in [9.17, 15) is 18.0 Å². The van der Waals surface area contributed by atoms with Crippen LogP contribution >= 0.6 is 0 Å². The van der Waals surface area contributed by atoms with Crippen LogP contribution < -0.4 is 4.72 Å². The average Bonchev–Trinajstić information content (AvgIpc) is 3.10. The van der Waals surface area contributed by atoms with Crippen LogP contribution in [-0.4, -0.2) is 51.8 Å². The highest BCUT2D eigenvalue weighted by atomic mass is 32.2. The lowest BCUT2D eigenvalue weighted by Gasteiger charge is -2.19. The molecule has 9 heteroatoms. The van der Waals surface area contributed by atoms with Crippen LogP contribution in [0.3, 0.4) is 0 Å². The van der Waals surface area contributed by atoms with Gasteiger partial charge < -0.3 is 14.2 Å². The van der Waals surface area contributed by atoms with E-state index in [1.807, 2.05) is 0 Å². The molecule has 1 saturated heterocycles. The van der Waals surface area contributed by atoms with Crippen LogP contribution in [0.1, 0.15) is 44.0 Å². The summed E-state index contributed by atoms with van der Waals surface area (Å²) in [6.45, 7) is 5.46. The molecular weight excluding hydrogens is 374 g/mol. The van der Waals surface area contributed by atoms with E-state index in [1.54, 1.807) is 20.8 Å². The average molecular weight is 399 g/mol.